The van der Waals surface area contributed by atoms with Crippen LogP contribution in [-0.4, -0.2) is 32.4 Å². The van der Waals surface area contributed by atoms with E-state index < -0.39 is 0 Å². The zero-order valence-electron chi connectivity index (χ0n) is 17.7. The second kappa shape index (κ2) is 9.68. The lowest BCUT2D eigenvalue weighted by atomic mass is 9.97. The maximum absolute atomic E-state index is 13.6. The highest BCUT2D eigenvalue weighted by atomic mass is 32.2. The molecule has 1 aliphatic carbocycles. The van der Waals surface area contributed by atoms with Crippen LogP contribution in [-0.2, 0) is 17.6 Å². The quantitative estimate of drug-likeness (QED) is 0.197. The summed E-state index contributed by atoms with van der Waals surface area (Å²) in [6, 6.07) is 13.1. The van der Waals surface area contributed by atoms with Crippen LogP contribution in [0.1, 0.15) is 28.8 Å². The highest BCUT2D eigenvalue weighted by Crippen LogP contribution is 2.35. The molecule has 1 amide bonds. The predicted octanol–water partition coefficient (Wildman–Crippen LogP) is 3.96. The van der Waals surface area contributed by atoms with Crippen LogP contribution in [0.5, 0.6) is 0 Å². The third-order valence-corrected chi connectivity index (χ3v) is 7.54. The smallest absolute Gasteiger partial charge is 0.267 e. The number of rotatable bonds is 6. The van der Waals surface area contributed by atoms with E-state index >= 15 is 0 Å². The third-order valence-electron chi connectivity index (χ3n) is 5.41. The fourth-order valence-corrected chi connectivity index (χ4v) is 5.99. The normalized spacial score (nSPS) is 13.3. The molecule has 0 saturated heterocycles. The molecular weight excluding hydrogens is 454 g/mol. The van der Waals surface area contributed by atoms with Gasteiger partial charge in [0.2, 0.25) is 0 Å². The number of hydrogen-bond acceptors (Lipinski definition) is 7. The SMILES string of the molecule is O=C(CSc1nc2sc3c(c2c(=O)n1-c1ccccc1)CCCC3)N/N=C/c1ccncc1. The zero-order valence-corrected chi connectivity index (χ0v) is 19.4. The van der Waals surface area contributed by atoms with Gasteiger partial charge in [-0.2, -0.15) is 5.10 Å². The molecule has 33 heavy (non-hydrogen) atoms. The van der Waals surface area contributed by atoms with Gasteiger partial charge in [-0.1, -0.05) is 30.0 Å². The van der Waals surface area contributed by atoms with Crippen LogP contribution in [0.3, 0.4) is 0 Å². The van der Waals surface area contributed by atoms with E-state index in [1.54, 1.807) is 46.6 Å². The van der Waals surface area contributed by atoms with Gasteiger partial charge in [0.1, 0.15) is 4.83 Å². The number of aromatic nitrogens is 3. The molecule has 7 nitrogen and oxygen atoms in total. The average Bonchev–Trinajstić information content (AvgIpc) is 3.23. The maximum atomic E-state index is 13.6. The highest BCUT2D eigenvalue weighted by Gasteiger charge is 2.23. The fourth-order valence-electron chi connectivity index (χ4n) is 3.88. The van der Waals surface area contributed by atoms with E-state index in [2.05, 4.69) is 15.5 Å². The number of carbonyl (C=O) groups excluding carboxylic acids is 1. The van der Waals surface area contributed by atoms with Crippen molar-refractivity contribution < 1.29 is 4.79 Å². The Balaban J connectivity index is 1.44. The van der Waals surface area contributed by atoms with Crippen LogP contribution < -0.4 is 11.0 Å². The Morgan fingerprint density at radius 1 is 1.15 bits per heavy atom. The first-order valence-corrected chi connectivity index (χ1v) is 12.5. The molecule has 0 fully saturated rings. The van der Waals surface area contributed by atoms with Crippen LogP contribution in [0.2, 0.25) is 0 Å². The van der Waals surface area contributed by atoms with Crippen LogP contribution in [0.15, 0.2) is 69.9 Å². The van der Waals surface area contributed by atoms with Gasteiger partial charge in [-0.05, 0) is 61.1 Å². The standard InChI is InChI=1S/C24H21N5O2S2/c30-20(28-26-14-16-10-12-25-13-11-16)15-32-24-27-22-21(18-8-4-5-9-19(18)33-22)23(31)29(24)17-6-2-1-3-7-17/h1-3,6-7,10-14H,4-5,8-9,15H2,(H,28,30)/b26-14+. The van der Waals surface area contributed by atoms with E-state index in [1.165, 1.54) is 16.6 Å². The second-order valence-electron chi connectivity index (χ2n) is 7.62. The number of thioether (sulfide) groups is 1. The van der Waals surface area contributed by atoms with Gasteiger partial charge in [-0.25, -0.2) is 10.4 Å². The van der Waals surface area contributed by atoms with E-state index in [1.807, 2.05) is 30.3 Å². The van der Waals surface area contributed by atoms with Gasteiger partial charge < -0.3 is 0 Å². The van der Waals surface area contributed by atoms with Gasteiger partial charge in [0.25, 0.3) is 11.5 Å². The number of carbonyl (C=O) groups is 1. The van der Waals surface area contributed by atoms with Gasteiger partial charge in [-0.3, -0.25) is 19.1 Å². The Kier molecular flexibility index (Phi) is 6.32. The summed E-state index contributed by atoms with van der Waals surface area (Å²) in [6.07, 6.45) is 9.05. The molecule has 166 valence electrons. The van der Waals surface area contributed by atoms with E-state index in [-0.39, 0.29) is 17.2 Å². The van der Waals surface area contributed by atoms with Gasteiger partial charge in [0.05, 0.1) is 23.0 Å². The number of hydrogen-bond donors (Lipinski definition) is 1. The highest BCUT2D eigenvalue weighted by molar-refractivity contribution is 7.99. The number of benzene rings is 1. The number of hydrazone groups is 1. The number of fused-ring (bicyclic) bond motifs is 3. The molecule has 4 aromatic rings. The van der Waals surface area contributed by atoms with Crippen LogP contribution >= 0.6 is 23.1 Å². The van der Waals surface area contributed by atoms with E-state index in [9.17, 15) is 9.59 Å². The molecule has 1 aromatic carbocycles. The van der Waals surface area contributed by atoms with Crippen molar-refractivity contribution in [2.24, 2.45) is 5.10 Å². The Hall–Kier alpha value is -3.30. The first kappa shape index (κ1) is 21.5. The summed E-state index contributed by atoms with van der Waals surface area (Å²) in [6.45, 7) is 0. The topological polar surface area (TPSA) is 89.2 Å². The molecule has 3 aromatic heterocycles. The van der Waals surface area contributed by atoms with Gasteiger partial charge in [0.15, 0.2) is 5.16 Å². The van der Waals surface area contributed by atoms with Crippen molar-refractivity contribution in [1.82, 2.24) is 20.0 Å². The van der Waals surface area contributed by atoms with Crippen molar-refractivity contribution in [1.29, 1.82) is 0 Å². The van der Waals surface area contributed by atoms with Crippen molar-refractivity contribution in [3.63, 3.8) is 0 Å². The van der Waals surface area contributed by atoms with Crippen LogP contribution in [0, 0.1) is 0 Å². The average molecular weight is 476 g/mol. The van der Waals surface area contributed by atoms with Crippen LogP contribution in [0.4, 0.5) is 0 Å². The van der Waals surface area contributed by atoms with Crippen molar-refractivity contribution in [2.45, 2.75) is 30.8 Å². The lowest BCUT2D eigenvalue weighted by Gasteiger charge is -2.13. The Labute approximate surface area is 198 Å². The summed E-state index contributed by atoms with van der Waals surface area (Å²) in [4.78, 5) is 36.9. The molecular formula is C24H21N5O2S2. The Bertz CT molecular complexity index is 1380. The lowest BCUT2D eigenvalue weighted by molar-refractivity contribution is -0.118. The summed E-state index contributed by atoms with van der Waals surface area (Å²) in [7, 11) is 0. The van der Waals surface area contributed by atoms with Crippen molar-refractivity contribution in [3.05, 3.63) is 81.2 Å². The molecule has 0 aliphatic heterocycles. The monoisotopic (exact) mass is 475 g/mol. The van der Waals surface area contributed by atoms with E-state index in [4.69, 9.17) is 4.98 Å². The Morgan fingerprint density at radius 3 is 2.76 bits per heavy atom. The van der Waals surface area contributed by atoms with Gasteiger partial charge >= 0.3 is 0 Å². The molecule has 1 N–H and O–H groups in total. The first-order valence-electron chi connectivity index (χ1n) is 10.7. The van der Waals surface area contributed by atoms with Crippen molar-refractivity contribution in [2.75, 3.05) is 5.75 Å². The fraction of sp³-hybridized carbons (Fsp3) is 0.208. The summed E-state index contributed by atoms with van der Waals surface area (Å²) < 4.78 is 1.63. The summed E-state index contributed by atoms with van der Waals surface area (Å²) in [5, 5.41) is 5.23. The predicted molar refractivity (Wildman–Crippen MR) is 133 cm³/mol. The van der Waals surface area contributed by atoms with Crippen LogP contribution in [0.25, 0.3) is 15.9 Å². The van der Waals surface area contributed by atoms with Gasteiger partial charge in [-0.15, -0.1) is 11.3 Å². The first-order chi connectivity index (χ1) is 16.2. The minimum absolute atomic E-state index is 0.0655. The molecule has 3 heterocycles. The Morgan fingerprint density at radius 2 is 1.94 bits per heavy atom. The largest absolute Gasteiger partial charge is 0.272 e. The lowest BCUT2D eigenvalue weighted by Crippen LogP contribution is -2.24. The minimum atomic E-state index is -0.273. The molecule has 0 unspecified atom stereocenters. The summed E-state index contributed by atoms with van der Waals surface area (Å²) >= 11 is 2.84. The maximum Gasteiger partial charge on any atom is 0.267 e. The van der Waals surface area contributed by atoms with Gasteiger partial charge in [0, 0.05) is 17.3 Å². The number of amides is 1. The van der Waals surface area contributed by atoms with Crippen molar-refractivity contribution in [3.8, 4) is 5.69 Å². The summed E-state index contributed by atoms with van der Waals surface area (Å²) in [5.41, 5.74) is 5.20. The molecule has 9 heteroatoms. The summed E-state index contributed by atoms with van der Waals surface area (Å²) in [5.74, 6) is -0.187. The molecule has 0 atom stereocenters. The van der Waals surface area contributed by atoms with E-state index in [0.717, 1.165) is 52.7 Å². The number of para-hydroxylation sites is 1. The number of nitrogens with zero attached hydrogens (tertiary/aromatic N) is 4. The number of aryl methyl sites for hydroxylation is 2. The number of thiophene rings is 1. The second-order valence-corrected chi connectivity index (χ2v) is 9.65. The van der Waals surface area contributed by atoms with Crippen molar-refractivity contribution >= 4 is 45.4 Å². The number of pyridine rings is 1. The van der Waals surface area contributed by atoms with E-state index in [0.29, 0.717) is 5.16 Å². The minimum Gasteiger partial charge on any atom is -0.272 e. The zero-order chi connectivity index (χ0) is 22.6. The number of nitrogens with one attached hydrogen (secondary N) is 1. The molecule has 5 rings (SSSR count). The third kappa shape index (κ3) is 4.60. The molecule has 0 radical (unpaired) electrons. The molecule has 1 aliphatic rings. The molecule has 0 saturated carbocycles. The molecule has 0 bridgehead atoms. The molecule has 0 spiro atoms.